The van der Waals surface area contributed by atoms with Crippen LogP contribution in [0.25, 0.3) is 0 Å². The number of rotatable bonds is 10. The first-order valence-electron chi connectivity index (χ1n) is 10.1. The Labute approximate surface area is 178 Å². The first kappa shape index (κ1) is 25.7. The Morgan fingerprint density at radius 3 is 2.07 bits per heavy atom. The Hall–Kier alpha value is -2.29. The van der Waals surface area contributed by atoms with Crippen LogP contribution in [0.4, 0.5) is 4.79 Å². The van der Waals surface area contributed by atoms with Crippen molar-refractivity contribution in [3.05, 3.63) is 35.9 Å². The SMILES string of the molecule is CC(C)C[C@H](N)C(=O)C(O)(CNC(=O)OC(C)(C)C)C(=O)[C@@H](N)Cc1ccccc1. The lowest BCUT2D eigenvalue weighted by atomic mass is 9.82. The highest BCUT2D eigenvalue weighted by molar-refractivity contribution is 6.14. The number of nitrogens with two attached hydrogens (primary N) is 2. The summed E-state index contributed by atoms with van der Waals surface area (Å²) >= 11 is 0. The van der Waals surface area contributed by atoms with Crippen molar-refractivity contribution >= 4 is 17.7 Å². The molecule has 1 amide bonds. The second-order valence-corrected chi connectivity index (χ2v) is 8.98. The van der Waals surface area contributed by atoms with Crippen LogP contribution in [0.3, 0.4) is 0 Å². The molecule has 0 radical (unpaired) electrons. The average Bonchev–Trinajstić information content (AvgIpc) is 2.63. The van der Waals surface area contributed by atoms with Gasteiger partial charge in [-0.05, 0) is 45.1 Å². The lowest BCUT2D eigenvalue weighted by molar-refractivity contribution is -0.152. The summed E-state index contributed by atoms with van der Waals surface area (Å²) in [6.07, 6.45) is -0.466. The standard InChI is InChI=1S/C22H35N3O5/c1-14(2)11-16(23)18(26)22(29,13-25-20(28)30-21(3,4)5)19(27)17(24)12-15-9-7-6-8-10-15/h6-10,14,16-17,29H,11-13,23-24H2,1-5H3,(H,25,28)/t16-,17-,22?/m0/s1. The van der Waals surface area contributed by atoms with E-state index >= 15 is 0 Å². The number of nitrogens with one attached hydrogen (secondary N) is 1. The number of hydrogen-bond acceptors (Lipinski definition) is 7. The monoisotopic (exact) mass is 421 g/mol. The molecule has 0 heterocycles. The number of carbonyl (C=O) groups is 3. The zero-order chi connectivity index (χ0) is 23.1. The third-order valence-corrected chi connectivity index (χ3v) is 4.40. The Morgan fingerprint density at radius 2 is 1.57 bits per heavy atom. The molecule has 0 bridgehead atoms. The molecule has 0 saturated heterocycles. The summed E-state index contributed by atoms with van der Waals surface area (Å²) < 4.78 is 5.13. The molecule has 1 aromatic carbocycles. The van der Waals surface area contributed by atoms with Gasteiger partial charge in [0, 0.05) is 0 Å². The summed E-state index contributed by atoms with van der Waals surface area (Å²) in [5.74, 6) is -1.70. The lowest BCUT2D eigenvalue weighted by Gasteiger charge is -2.31. The molecule has 8 heteroatoms. The Morgan fingerprint density at radius 1 is 1.03 bits per heavy atom. The van der Waals surface area contributed by atoms with Gasteiger partial charge in [0.25, 0.3) is 0 Å². The quantitative estimate of drug-likeness (QED) is 0.417. The molecule has 8 nitrogen and oxygen atoms in total. The molecular formula is C22H35N3O5. The highest BCUT2D eigenvalue weighted by Crippen LogP contribution is 2.18. The third kappa shape index (κ3) is 7.85. The summed E-state index contributed by atoms with van der Waals surface area (Å²) in [6.45, 7) is 8.08. The summed E-state index contributed by atoms with van der Waals surface area (Å²) in [6, 6.07) is 6.76. The molecule has 0 saturated carbocycles. The fourth-order valence-corrected chi connectivity index (χ4v) is 3.00. The van der Waals surface area contributed by atoms with E-state index in [-0.39, 0.29) is 18.8 Å². The van der Waals surface area contributed by atoms with Gasteiger partial charge in [0.05, 0.1) is 18.6 Å². The predicted molar refractivity (Wildman–Crippen MR) is 115 cm³/mol. The van der Waals surface area contributed by atoms with E-state index in [0.717, 1.165) is 5.56 Å². The molecule has 0 spiro atoms. The van der Waals surface area contributed by atoms with Gasteiger partial charge in [-0.1, -0.05) is 44.2 Å². The zero-order valence-corrected chi connectivity index (χ0v) is 18.5. The van der Waals surface area contributed by atoms with Crippen LogP contribution in [-0.2, 0) is 20.7 Å². The van der Waals surface area contributed by atoms with Gasteiger partial charge in [-0.25, -0.2) is 4.79 Å². The van der Waals surface area contributed by atoms with Gasteiger partial charge in [0.1, 0.15) is 5.60 Å². The van der Waals surface area contributed by atoms with Crippen molar-refractivity contribution in [1.29, 1.82) is 0 Å². The van der Waals surface area contributed by atoms with Crippen LogP contribution in [0.5, 0.6) is 0 Å². The molecule has 168 valence electrons. The van der Waals surface area contributed by atoms with E-state index in [1.165, 1.54) is 0 Å². The maximum Gasteiger partial charge on any atom is 0.407 e. The number of aliphatic hydroxyl groups is 1. The van der Waals surface area contributed by atoms with Crippen molar-refractivity contribution in [3.63, 3.8) is 0 Å². The zero-order valence-electron chi connectivity index (χ0n) is 18.5. The number of hydrogen-bond donors (Lipinski definition) is 4. The highest BCUT2D eigenvalue weighted by Gasteiger charge is 2.48. The number of carbonyl (C=O) groups excluding carboxylic acids is 3. The van der Waals surface area contributed by atoms with E-state index in [1.54, 1.807) is 45.0 Å². The van der Waals surface area contributed by atoms with E-state index in [9.17, 15) is 19.5 Å². The molecule has 30 heavy (non-hydrogen) atoms. The minimum absolute atomic E-state index is 0.0695. The molecule has 1 rings (SSSR count). The average molecular weight is 422 g/mol. The molecule has 0 aromatic heterocycles. The highest BCUT2D eigenvalue weighted by atomic mass is 16.6. The first-order valence-corrected chi connectivity index (χ1v) is 10.1. The molecule has 1 unspecified atom stereocenters. The van der Waals surface area contributed by atoms with Gasteiger partial charge >= 0.3 is 6.09 Å². The first-order chi connectivity index (χ1) is 13.8. The van der Waals surface area contributed by atoms with Gasteiger partial charge in [-0.3, -0.25) is 9.59 Å². The minimum atomic E-state index is -2.56. The summed E-state index contributed by atoms with van der Waals surface area (Å²) in [5, 5.41) is 13.4. The Bertz CT molecular complexity index is 730. The molecule has 6 N–H and O–H groups in total. The van der Waals surface area contributed by atoms with Crippen LogP contribution in [0.15, 0.2) is 30.3 Å². The topological polar surface area (TPSA) is 145 Å². The number of amides is 1. The van der Waals surface area contributed by atoms with Gasteiger partial charge < -0.3 is 26.6 Å². The maximum absolute atomic E-state index is 13.1. The van der Waals surface area contributed by atoms with Crippen LogP contribution in [0.1, 0.15) is 46.6 Å². The summed E-state index contributed by atoms with van der Waals surface area (Å²) in [4.78, 5) is 38.0. The second-order valence-electron chi connectivity index (χ2n) is 8.98. The van der Waals surface area contributed by atoms with Crippen molar-refractivity contribution in [1.82, 2.24) is 5.32 Å². The summed E-state index contributed by atoms with van der Waals surface area (Å²) in [7, 11) is 0. The van der Waals surface area contributed by atoms with Crippen LogP contribution < -0.4 is 16.8 Å². The number of ketones is 2. The van der Waals surface area contributed by atoms with Crippen LogP contribution in [0, 0.1) is 5.92 Å². The van der Waals surface area contributed by atoms with Crippen molar-refractivity contribution in [2.24, 2.45) is 17.4 Å². The summed E-state index contributed by atoms with van der Waals surface area (Å²) in [5.41, 5.74) is 9.43. The lowest BCUT2D eigenvalue weighted by Crippen LogP contribution is -2.63. The van der Waals surface area contributed by atoms with Gasteiger partial charge in [-0.15, -0.1) is 0 Å². The second kappa shape index (κ2) is 10.7. The van der Waals surface area contributed by atoms with Gasteiger partial charge in [-0.2, -0.15) is 0 Å². The van der Waals surface area contributed by atoms with E-state index in [0.29, 0.717) is 0 Å². The normalized spacial score (nSPS) is 15.8. The largest absolute Gasteiger partial charge is 0.444 e. The maximum atomic E-state index is 13.1. The number of ether oxygens (including phenoxy) is 1. The van der Waals surface area contributed by atoms with Gasteiger partial charge in [0.15, 0.2) is 11.6 Å². The predicted octanol–water partition coefficient (Wildman–Crippen LogP) is 1.32. The number of alkyl carbamates (subject to hydrolysis) is 1. The fourth-order valence-electron chi connectivity index (χ4n) is 3.00. The van der Waals surface area contributed by atoms with Crippen molar-refractivity contribution in [2.75, 3.05) is 6.54 Å². The third-order valence-electron chi connectivity index (χ3n) is 4.40. The van der Waals surface area contributed by atoms with Crippen molar-refractivity contribution in [3.8, 4) is 0 Å². The van der Waals surface area contributed by atoms with Crippen LogP contribution in [0.2, 0.25) is 0 Å². The molecule has 0 fully saturated rings. The molecule has 0 aliphatic heterocycles. The molecule has 0 aliphatic rings. The Kier molecular flexibility index (Phi) is 9.14. The van der Waals surface area contributed by atoms with Gasteiger partial charge in [0.2, 0.25) is 5.60 Å². The van der Waals surface area contributed by atoms with Crippen LogP contribution >= 0.6 is 0 Å². The van der Waals surface area contributed by atoms with E-state index in [1.807, 2.05) is 19.9 Å². The molecule has 1 aromatic rings. The number of Topliss-reactive ketones (excluding diaryl/α,β-unsaturated/α-hetero) is 2. The van der Waals surface area contributed by atoms with E-state index in [4.69, 9.17) is 16.2 Å². The van der Waals surface area contributed by atoms with Crippen LogP contribution in [-0.4, -0.2) is 52.6 Å². The molecular weight excluding hydrogens is 386 g/mol. The molecule has 0 aliphatic carbocycles. The Balaban J connectivity index is 3.06. The molecule has 3 atom stereocenters. The smallest absolute Gasteiger partial charge is 0.407 e. The van der Waals surface area contributed by atoms with Crippen molar-refractivity contribution < 1.29 is 24.2 Å². The van der Waals surface area contributed by atoms with E-state index < -0.39 is 47.5 Å². The number of benzene rings is 1. The van der Waals surface area contributed by atoms with E-state index in [2.05, 4.69) is 5.32 Å². The minimum Gasteiger partial charge on any atom is -0.444 e. The fraction of sp³-hybridized carbons (Fsp3) is 0.591. The van der Waals surface area contributed by atoms with Crippen molar-refractivity contribution in [2.45, 2.75) is 70.7 Å².